The molecule has 31 heavy (non-hydrogen) atoms. The first-order chi connectivity index (χ1) is 14.7. The third kappa shape index (κ3) is 3.95. The number of imide groups is 1. The van der Waals surface area contributed by atoms with Crippen molar-refractivity contribution < 1.29 is 14.3 Å². The number of ether oxygens (including phenoxy) is 1. The highest BCUT2D eigenvalue weighted by Gasteiger charge is 2.55. The minimum absolute atomic E-state index is 0.353. The molecule has 0 radical (unpaired) electrons. The van der Waals surface area contributed by atoms with E-state index in [9.17, 15) is 9.59 Å². The Labute approximate surface area is 191 Å². The van der Waals surface area contributed by atoms with E-state index in [1.54, 1.807) is 39.0 Å². The molecule has 3 aromatic carbocycles. The molecule has 1 aliphatic heterocycles. The minimum Gasteiger partial charge on any atom is -0.443 e. The molecule has 0 aromatic heterocycles. The molecule has 2 amide bonds. The maximum Gasteiger partial charge on any atom is 0.421 e. The van der Waals surface area contributed by atoms with Crippen molar-refractivity contribution in [3.63, 3.8) is 0 Å². The number of carbonyl (C=O) groups is 2. The molecule has 6 heteroatoms. The predicted octanol–water partition coefficient (Wildman–Crippen LogP) is 6.66. The zero-order valence-electron chi connectivity index (χ0n) is 17.5. The minimum atomic E-state index is -1.14. The van der Waals surface area contributed by atoms with E-state index in [2.05, 4.69) is 0 Å². The molecule has 0 bridgehead atoms. The maximum absolute atomic E-state index is 14.1. The summed E-state index contributed by atoms with van der Waals surface area (Å²) < 4.78 is 4.45. The molecular formula is C25H22ClNO3S. The first-order valence-electron chi connectivity index (χ1n) is 9.89. The van der Waals surface area contributed by atoms with E-state index in [4.69, 9.17) is 16.3 Å². The van der Waals surface area contributed by atoms with E-state index in [1.807, 2.05) is 60.7 Å². The van der Waals surface area contributed by atoms with Gasteiger partial charge in [-0.2, -0.15) is 0 Å². The Bertz CT molecular complexity index is 1130. The van der Waals surface area contributed by atoms with Gasteiger partial charge in [0.2, 0.25) is 0 Å². The van der Waals surface area contributed by atoms with Gasteiger partial charge in [-0.3, -0.25) is 4.79 Å². The number of benzene rings is 3. The Hall–Kier alpha value is -2.76. The number of para-hydroxylation sites is 1. The standard InChI is InChI=1S/C25H22ClNO3S/c1-24(2,3)30-23(29)27-21-12-8-7-11-20(21)25(22(27)28,17-9-5-4-6-10-17)31-19-15-13-18(26)14-16-19/h4-16H,1-3H3/t25-/m1/s1. The van der Waals surface area contributed by atoms with Crippen LogP contribution in [0.2, 0.25) is 5.02 Å². The molecule has 0 fully saturated rings. The third-order valence-corrected chi connectivity index (χ3v) is 6.57. The lowest BCUT2D eigenvalue weighted by molar-refractivity contribution is -0.119. The van der Waals surface area contributed by atoms with Crippen molar-refractivity contribution in [2.45, 2.75) is 36.0 Å². The van der Waals surface area contributed by atoms with E-state index in [0.717, 1.165) is 20.9 Å². The average molecular weight is 452 g/mol. The highest BCUT2D eigenvalue weighted by atomic mass is 35.5. The van der Waals surface area contributed by atoms with Crippen molar-refractivity contribution in [1.82, 2.24) is 0 Å². The van der Waals surface area contributed by atoms with Gasteiger partial charge in [-0.15, -0.1) is 0 Å². The summed E-state index contributed by atoms with van der Waals surface area (Å²) in [6.07, 6.45) is -0.681. The van der Waals surface area contributed by atoms with Gasteiger partial charge in [0.15, 0.2) is 4.75 Å². The van der Waals surface area contributed by atoms with Crippen LogP contribution in [0, 0.1) is 0 Å². The second-order valence-corrected chi connectivity index (χ2v) is 9.97. The van der Waals surface area contributed by atoms with Crippen LogP contribution in [-0.2, 0) is 14.3 Å². The number of amides is 2. The van der Waals surface area contributed by atoms with Crippen LogP contribution in [-0.4, -0.2) is 17.6 Å². The summed E-state index contributed by atoms with van der Waals surface area (Å²) >= 11 is 7.46. The molecule has 1 atom stereocenters. The Balaban J connectivity index is 1.91. The molecule has 3 aromatic rings. The van der Waals surface area contributed by atoms with Crippen molar-refractivity contribution >= 4 is 41.1 Å². The number of fused-ring (bicyclic) bond motifs is 1. The second kappa shape index (κ2) is 8.06. The van der Waals surface area contributed by atoms with E-state index in [0.29, 0.717) is 10.7 Å². The van der Waals surface area contributed by atoms with Crippen LogP contribution in [0.5, 0.6) is 0 Å². The molecule has 0 saturated carbocycles. The monoisotopic (exact) mass is 451 g/mol. The summed E-state index contributed by atoms with van der Waals surface area (Å²) in [5, 5.41) is 0.617. The number of hydrogen-bond acceptors (Lipinski definition) is 4. The Morgan fingerprint density at radius 2 is 1.55 bits per heavy atom. The van der Waals surface area contributed by atoms with E-state index < -0.39 is 16.4 Å². The molecular weight excluding hydrogens is 430 g/mol. The summed E-state index contributed by atoms with van der Waals surface area (Å²) in [6, 6.07) is 24.2. The molecule has 158 valence electrons. The van der Waals surface area contributed by atoms with Crippen LogP contribution >= 0.6 is 23.4 Å². The second-order valence-electron chi connectivity index (χ2n) is 8.24. The Morgan fingerprint density at radius 1 is 0.935 bits per heavy atom. The van der Waals surface area contributed by atoms with E-state index in [1.165, 1.54) is 11.8 Å². The number of thioether (sulfide) groups is 1. The Morgan fingerprint density at radius 3 is 2.19 bits per heavy atom. The van der Waals surface area contributed by atoms with Gasteiger partial charge in [0.05, 0.1) is 5.69 Å². The first-order valence-corrected chi connectivity index (χ1v) is 11.1. The smallest absolute Gasteiger partial charge is 0.421 e. The van der Waals surface area contributed by atoms with Gasteiger partial charge in [-0.1, -0.05) is 71.9 Å². The number of halogens is 1. The topological polar surface area (TPSA) is 46.6 Å². The molecule has 0 N–H and O–H groups in total. The summed E-state index contributed by atoms with van der Waals surface area (Å²) in [5.41, 5.74) is 1.34. The molecule has 0 spiro atoms. The van der Waals surface area contributed by atoms with Crippen molar-refractivity contribution in [3.8, 4) is 0 Å². The molecule has 1 aliphatic rings. The number of carbonyl (C=O) groups excluding carboxylic acids is 2. The van der Waals surface area contributed by atoms with Crippen LogP contribution in [0.15, 0.2) is 83.8 Å². The molecule has 0 aliphatic carbocycles. The van der Waals surface area contributed by atoms with E-state index >= 15 is 0 Å². The van der Waals surface area contributed by atoms with Gasteiger partial charge in [0, 0.05) is 15.5 Å². The third-order valence-electron chi connectivity index (χ3n) is 4.87. The molecule has 1 heterocycles. The maximum atomic E-state index is 14.1. The zero-order chi connectivity index (χ0) is 22.2. The van der Waals surface area contributed by atoms with Crippen molar-refractivity contribution in [2.24, 2.45) is 0 Å². The normalized spacial score (nSPS) is 18.1. The van der Waals surface area contributed by atoms with Gasteiger partial charge < -0.3 is 4.74 Å². The summed E-state index contributed by atoms with van der Waals surface area (Å²) in [5.74, 6) is -0.353. The average Bonchev–Trinajstić information content (AvgIpc) is 2.98. The van der Waals surface area contributed by atoms with Gasteiger partial charge in [-0.25, -0.2) is 9.69 Å². The van der Waals surface area contributed by atoms with Gasteiger partial charge in [0.25, 0.3) is 5.91 Å². The van der Waals surface area contributed by atoms with Crippen LogP contribution in [0.4, 0.5) is 10.5 Å². The fourth-order valence-corrected chi connectivity index (χ4v) is 5.09. The zero-order valence-corrected chi connectivity index (χ0v) is 19.0. The van der Waals surface area contributed by atoms with E-state index in [-0.39, 0.29) is 5.91 Å². The molecule has 4 nitrogen and oxygen atoms in total. The predicted molar refractivity (Wildman–Crippen MR) is 125 cm³/mol. The van der Waals surface area contributed by atoms with Crippen LogP contribution in [0.25, 0.3) is 0 Å². The summed E-state index contributed by atoms with van der Waals surface area (Å²) in [6.45, 7) is 5.35. The number of nitrogens with zero attached hydrogens (tertiary/aromatic N) is 1. The lowest BCUT2D eigenvalue weighted by Crippen LogP contribution is -2.44. The van der Waals surface area contributed by atoms with Crippen LogP contribution < -0.4 is 4.90 Å². The summed E-state index contributed by atoms with van der Waals surface area (Å²) in [4.78, 5) is 29.2. The molecule has 0 saturated heterocycles. The van der Waals surface area contributed by atoms with Crippen molar-refractivity contribution in [2.75, 3.05) is 4.90 Å². The largest absolute Gasteiger partial charge is 0.443 e. The fraction of sp³-hybridized carbons (Fsp3) is 0.200. The van der Waals surface area contributed by atoms with Crippen molar-refractivity contribution in [3.05, 3.63) is 95.0 Å². The molecule has 0 unspecified atom stereocenters. The SMILES string of the molecule is CC(C)(C)OC(=O)N1C(=O)[C@@](Sc2ccc(Cl)cc2)(c2ccccc2)c2ccccc21. The fourth-order valence-electron chi connectivity index (χ4n) is 3.63. The highest BCUT2D eigenvalue weighted by Crippen LogP contribution is 2.55. The number of rotatable bonds is 3. The lowest BCUT2D eigenvalue weighted by Gasteiger charge is -2.29. The van der Waals surface area contributed by atoms with Gasteiger partial charge >= 0.3 is 6.09 Å². The number of hydrogen-bond donors (Lipinski definition) is 0. The first kappa shape index (κ1) is 21.5. The van der Waals surface area contributed by atoms with Crippen molar-refractivity contribution in [1.29, 1.82) is 0 Å². The number of anilines is 1. The quantitative estimate of drug-likeness (QED) is 0.446. The molecule has 4 rings (SSSR count). The van der Waals surface area contributed by atoms with Crippen LogP contribution in [0.1, 0.15) is 31.9 Å². The lowest BCUT2D eigenvalue weighted by atomic mass is 9.91. The van der Waals surface area contributed by atoms with Gasteiger partial charge in [0.1, 0.15) is 5.60 Å². The Kier molecular flexibility index (Phi) is 5.58. The highest BCUT2D eigenvalue weighted by molar-refractivity contribution is 8.01. The van der Waals surface area contributed by atoms with Gasteiger partial charge in [-0.05, 0) is 56.7 Å². The summed E-state index contributed by atoms with van der Waals surface area (Å²) in [7, 11) is 0. The van der Waals surface area contributed by atoms with Crippen LogP contribution in [0.3, 0.4) is 0 Å².